The zero-order valence-corrected chi connectivity index (χ0v) is 20.6. The van der Waals surface area contributed by atoms with Crippen molar-refractivity contribution < 1.29 is 9.59 Å². The van der Waals surface area contributed by atoms with E-state index in [2.05, 4.69) is 30.2 Å². The first-order valence-electron chi connectivity index (χ1n) is 12.9. The third-order valence-electron chi connectivity index (χ3n) is 10.2. The van der Waals surface area contributed by atoms with E-state index in [0.717, 1.165) is 24.2 Å². The third-order valence-corrected chi connectivity index (χ3v) is 10.2. The summed E-state index contributed by atoms with van der Waals surface area (Å²) in [5, 5.41) is 3.13. The van der Waals surface area contributed by atoms with Gasteiger partial charge >= 0.3 is 0 Å². The lowest BCUT2D eigenvalue weighted by atomic mass is 9.47. The van der Waals surface area contributed by atoms with Crippen LogP contribution in [0.5, 0.6) is 0 Å². The van der Waals surface area contributed by atoms with E-state index < -0.39 is 0 Å². The number of pyridine rings is 1. The number of likely N-dealkylation sites (N-methyl/N-ethyl adjacent to an activating group) is 1. The summed E-state index contributed by atoms with van der Waals surface area (Å²) in [6.07, 6.45) is 11.8. The van der Waals surface area contributed by atoms with Gasteiger partial charge in [0.1, 0.15) is 0 Å². The lowest BCUT2D eigenvalue weighted by Crippen LogP contribution is -2.59. The number of nitrogens with zero attached hydrogens (tertiary/aromatic N) is 2. The van der Waals surface area contributed by atoms with Gasteiger partial charge in [0, 0.05) is 30.6 Å². The normalized spacial score (nSPS) is 39.6. The monoisotopic (exact) mass is 449 g/mol. The number of carbonyl (C=O) groups excluding carboxylic acids is 2. The van der Waals surface area contributed by atoms with E-state index in [1.54, 1.807) is 0 Å². The Kier molecular flexibility index (Phi) is 5.65. The van der Waals surface area contributed by atoms with Crippen LogP contribution in [-0.2, 0) is 16.1 Å². The van der Waals surface area contributed by atoms with Crippen molar-refractivity contribution in [3.63, 3.8) is 0 Å². The molecule has 3 saturated carbocycles. The predicted octanol–water partition coefficient (Wildman–Crippen LogP) is 4.65. The maximum atomic E-state index is 12.9. The molecule has 0 saturated heterocycles. The summed E-state index contributed by atoms with van der Waals surface area (Å²) in [5.41, 5.74) is 2.25. The first-order valence-corrected chi connectivity index (χ1v) is 12.9. The van der Waals surface area contributed by atoms with Gasteiger partial charge in [0.25, 0.3) is 0 Å². The first-order chi connectivity index (χ1) is 15.7. The van der Waals surface area contributed by atoms with Crippen LogP contribution in [0.15, 0.2) is 30.4 Å². The number of aryl methyl sites for hydroxylation is 1. The van der Waals surface area contributed by atoms with Crippen molar-refractivity contribution in [2.75, 3.05) is 7.05 Å². The second-order valence-electron chi connectivity index (χ2n) is 11.7. The van der Waals surface area contributed by atoms with Gasteiger partial charge in [0.2, 0.25) is 11.8 Å². The van der Waals surface area contributed by atoms with Crippen molar-refractivity contribution >= 4 is 11.8 Å². The average Bonchev–Trinajstić information content (AvgIpc) is 3.11. The van der Waals surface area contributed by atoms with Crippen molar-refractivity contribution in [3.8, 4) is 0 Å². The summed E-state index contributed by atoms with van der Waals surface area (Å²) >= 11 is 0. The molecule has 1 aromatic heterocycles. The SMILES string of the molecule is Cc1cccc(CNC(=O)CC2CC[C@H]3[C@@H]4CC[C@H]5N(C)C(=O)C=C[C@]5(C)[C@H]4CC[C@]23C)n1. The van der Waals surface area contributed by atoms with E-state index in [1.165, 1.54) is 25.7 Å². The van der Waals surface area contributed by atoms with Crippen LogP contribution in [0.1, 0.15) is 70.2 Å². The molecule has 1 aromatic rings. The predicted molar refractivity (Wildman–Crippen MR) is 129 cm³/mol. The minimum atomic E-state index is 0.0865. The van der Waals surface area contributed by atoms with Gasteiger partial charge in [0.05, 0.1) is 12.2 Å². The standard InChI is InChI=1S/C28H39N3O2/c1-18-6-5-7-20(30-18)17-29-25(32)16-19-8-10-22-21-9-11-24-28(3,15-13-26(33)31(24)4)23(21)12-14-27(19,22)2/h5-7,13,15,19,21-24H,8-12,14,16-17H2,1-4H3,(H,29,32)/t19?,21-,22-,23-,24+,27+,28+/m0/s1. The molecule has 2 amide bonds. The van der Waals surface area contributed by atoms with Gasteiger partial charge in [0.15, 0.2) is 0 Å². The second-order valence-corrected chi connectivity index (χ2v) is 11.7. The first kappa shape index (κ1) is 22.6. The molecule has 0 spiro atoms. The molecular weight excluding hydrogens is 410 g/mol. The summed E-state index contributed by atoms with van der Waals surface area (Å²) in [6.45, 7) is 7.36. The number of aromatic nitrogens is 1. The summed E-state index contributed by atoms with van der Waals surface area (Å²) in [7, 11) is 1.98. The Labute approximate surface area is 198 Å². The molecule has 1 aliphatic heterocycles. The fourth-order valence-electron chi connectivity index (χ4n) is 8.37. The smallest absolute Gasteiger partial charge is 0.246 e. The van der Waals surface area contributed by atoms with E-state index in [9.17, 15) is 9.59 Å². The van der Waals surface area contributed by atoms with Crippen LogP contribution in [0.3, 0.4) is 0 Å². The van der Waals surface area contributed by atoms with Crippen LogP contribution in [0.4, 0.5) is 0 Å². The average molecular weight is 450 g/mol. The topological polar surface area (TPSA) is 62.3 Å². The lowest BCUT2D eigenvalue weighted by Gasteiger charge is -2.60. The van der Waals surface area contributed by atoms with Gasteiger partial charge in [-0.2, -0.15) is 0 Å². The molecule has 3 fully saturated rings. The molecule has 4 aliphatic rings. The van der Waals surface area contributed by atoms with Crippen LogP contribution >= 0.6 is 0 Å². The van der Waals surface area contributed by atoms with E-state index in [1.807, 2.05) is 43.1 Å². The van der Waals surface area contributed by atoms with E-state index in [0.29, 0.717) is 42.7 Å². The third kappa shape index (κ3) is 3.72. The van der Waals surface area contributed by atoms with Crippen molar-refractivity contribution in [1.82, 2.24) is 15.2 Å². The molecule has 178 valence electrons. The van der Waals surface area contributed by atoms with Crippen LogP contribution in [-0.4, -0.2) is 34.8 Å². The zero-order valence-electron chi connectivity index (χ0n) is 20.6. The van der Waals surface area contributed by atoms with Gasteiger partial charge in [-0.15, -0.1) is 0 Å². The lowest BCUT2D eigenvalue weighted by molar-refractivity contribution is -0.139. The van der Waals surface area contributed by atoms with Crippen molar-refractivity contribution in [1.29, 1.82) is 0 Å². The number of fused-ring (bicyclic) bond motifs is 5. The molecule has 0 bridgehead atoms. The summed E-state index contributed by atoms with van der Waals surface area (Å²) in [6, 6.07) is 6.28. The zero-order chi connectivity index (χ0) is 23.4. The Bertz CT molecular complexity index is 974. The summed E-state index contributed by atoms with van der Waals surface area (Å²) in [4.78, 5) is 31.7. The molecule has 0 radical (unpaired) electrons. The van der Waals surface area contributed by atoms with Crippen molar-refractivity contribution in [3.05, 3.63) is 41.7 Å². The minimum Gasteiger partial charge on any atom is -0.350 e. The number of amides is 2. The molecule has 2 heterocycles. The fraction of sp³-hybridized carbons (Fsp3) is 0.679. The number of carbonyl (C=O) groups is 2. The number of rotatable bonds is 4. The van der Waals surface area contributed by atoms with Crippen LogP contribution in [0, 0.1) is 41.4 Å². The Morgan fingerprint density at radius 2 is 1.97 bits per heavy atom. The molecule has 7 atom stereocenters. The molecule has 1 N–H and O–H groups in total. The number of hydrogen-bond donors (Lipinski definition) is 1. The summed E-state index contributed by atoms with van der Waals surface area (Å²) < 4.78 is 0. The van der Waals surface area contributed by atoms with Crippen LogP contribution in [0.2, 0.25) is 0 Å². The van der Waals surface area contributed by atoms with E-state index in [-0.39, 0.29) is 22.6 Å². The molecule has 0 aromatic carbocycles. The molecule has 33 heavy (non-hydrogen) atoms. The number of nitrogens with one attached hydrogen (secondary N) is 1. The maximum absolute atomic E-state index is 12.9. The highest BCUT2D eigenvalue weighted by Crippen LogP contribution is 2.65. The van der Waals surface area contributed by atoms with Gasteiger partial charge in [-0.1, -0.05) is 26.0 Å². The largest absolute Gasteiger partial charge is 0.350 e. The molecule has 3 aliphatic carbocycles. The highest BCUT2D eigenvalue weighted by atomic mass is 16.2. The van der Waals surface area contributed by atoms with Gasteiger partial charge in [-0.05, 0) is 92.7 Å². The Morgan fingerprint density at radius 1 is 1.15 bits per heavy atom. The maximum Gasteiger partial charge on any atom is 0.246 e. The molecule has 5 rings (SSSR count). The quantitative estimate of drug-likeness (QED) is 0.728. The highest BCUT2D eigenvalue weighted by Gasteiger charge is 2.60. The van der Waals surface area contributed by atoms with Crippen molar-refractivity contribution in [2.45, 2.75) is 78.3 Å². The molecule has 1 unspecified atom stereocenters. The van der Waals surface area contributed by atoms with E-state index >= 15 is 0 Å². The van der Waals surface area contributed by atoms with Gasteiger partial charge in [-0.3, -0.25) is 14.6 Å². The van der Waals surface area contributed by atoms with Crippen LogP contribution in [0.25, 0.3) is 0 Å². The number of hydrogen-bond acceptors (Lipinski definition) is 3. The fourth-order valence-corrected chi connectivity index (χ4v) is 8.37. The van der Waals surface area contributed by atoms with E-state index in [4.69, 9.17) is 0 Å². The Hall–Kier alpha value is -2.17. The second kappa shape index (κ2) is 8.25. The summed E-state index contributed by atoms with van der Waals surface area (Å²) in [5.74, 6) is 2.83. The molecular formula is C28H39N3O2. The molecule has 5 heteroatoms. The van der Waals surface area contributed by atoms with Crippen LogP contribution < -0.4 is 5.32 Å². The Balaban J connectivity index is 1.26. The Morgan fingerprint density at radius 3 is 2.76 bits per heavy atom. The van der Waals surface area contributed by atoms with Gasteiger partial charge < -0.3 is 10.2 Å². The highest BCUT2D eigenvalue weighted by molar-refractivity contribution is 5.89. The molecule has 5 nitrogen and oxygen atoms in total. The minimum absolute atomic E-state index is 0.0865. The van der Waals surface area contributed by atoms with Crippen molar-refractivity contribution in [2.24, 2.45) is 34.5 Å². The van der Waals surface area contributed by atoms with Gasteiger partial charge in [-0.25, -0.2) is 0 Å².